The summed E-state index contributed by atoms with van der Waals surface area (Å²) >= 11 is 0. The van der Waals surface area contributed by atoms with Gasteiger partial charge in [-0.25, -0.2) is 4.68 Å². The predicted molar refractivity (Wildman–Crippen MR) is 45.9 cm³/mol. The van der Waals surface area contributed by atoms with Gasteiger partial charge in [0.1, 0.15) is 0 Å². The van der Waals surface area contributed by atoms with Gasteiger partial charge in [0.25, 0.3) is 0 Å². The maximum atomic E-state index is 5.61. The summed E-state index contributed by atoms with van der Waals surface area (Å²) in [5.74, 6) is 0.369. The Morgan fingerprint density at radius 3 is 3.00 bits per heavy atom. The fourth-order valence-electron chi connectivity index (χ4n) is 1.90. The maximum absolute atomic E-state index is 5.61. The van der Waals surface area contributed by atoms with Gasteiger partial charge >= 0.3 is 0 Å². The Balaban J connectivity index is 2.20. The zero-order valence-electron chi connectivity index (χ0n) is 7.55. The molecule has 0 bridgehead atoms. The van der Waals surface area contributed by atoms with Crippen molar-refractivity contribution in [2.75, 3.05) is 12.8 Å². The summed E-state index contributed by atoms with van der Waals surface area (Å²) in [6.45, 7) is 0. The predicted octanol–water partition coefficient (Wildman–Crippen LogP) is -0.00470. The number of tetrazole rings is 1. The molecule has 1 fully saturated rings. The third-order valence-electron chi connectivity index (χ3n) is 2.55. The van der Waals surface area contributed by atoms with Crippen molar-refractivity contribution in [2.45, 2.75) is 31.4 Å². The average molecular weight is 183 g/mol. The van der Waals surface area contributed by atoms with Crippen molar-refractivity contribution in [2.24, 2.45) is 0 Å². The molecule has 2 rings (SSSR count). The quantitative estimate of drug-likeness (QED) is 0.697. The SMILES string of the molecule is COC1CCCC1n1nnnc1N. The minimum absolute atomic E-state index is 0.200. The number of hydrogen-bond acceptors (Lipinski definition) is 5. The molecule has 0 aliphatic heterocycles. The fraction of sp³-hybridized carbons (Fsp3) is 0.857. The molecular formula is C7H13N5O. The molecule has 72 valence electrons. The van der Waals surface area contributed by atoms with Crippen LogP contribution in [0.25, 0.3) is 0 Å². The number of methoxy groups -OCH3 is 1. The lowest BCUT2D eigenvalue weighted by atomic mass is 10.2. The van der Waals surface area contributed by atoms with E-state index in [0.717, 1.165) is 19.3 Å². The van der Waals surface area contributed by atoms with Crippen LogP contribution in [0.1, 0.15) is 25.3 Å². The number of rotatable bonds is 2. The van der Waals surface area contributed by atoms with E-state index in [1.807, 2.05) is 0 Å². The van der Waals surface area contributed by atoms with Gasteiger partial charge in [0, 0.05) is 7.11 Å². The van der Waals surface area contributed by atoms with Gasteiger partial charge in [-0.2, -0.15) is 0 Å². The van der Waals surface area contributed by atoms with Gasteiger partial charge < -0.3 is 10.5 Å². The summed E-state index contributed by atoms with van der Waals surface area (Å²) in [5, 5.41) is 11.0. The fourth-order valence-corrected chi connectivity index (χ4v) is 1.90. The molecular weight excluding hydrogens is 170 g/mol. The molecule has 0 aromatic carbocycles. The van der Waals surface area contributed by atoms with Crippen LogP contribution in [0.2, 0.25) is 0 Å². The van der Waals surface area contributed by atoms with Crippen molar-refractivity contribution in [3.8, 4) is 0 Å². The molecule has 1 aliphatic carbocycles. The Labute approximate surface area is 76.1 Å². The number of nitrogens with zero attached hydrogens (tertiary/aromatic N) is 4. The van der Waals surface area contributed by atoms with Crippen molar-refractivity contribution < 1.29 is 4.74 Å². The van der Waals surface area contributed by atoms with E-state index in [9.17, 15) is 0 Å². The van der Waals surface area contributed by atoms with Crippen LogP contribution in [0.15, 0.2) is 0 Å². The summed E-state index contributed by atoms with van der Waals surface area (Å²) in [6.07, 6.45) is 3.43. The minimum atomic E-state index is 0.200. The highest BCUT2D eigenvalue weighted by Crippen LogP contribution is 2.32. The van der Waals surface area contributed by atoms with Crippen molar-refractivity contribution in [1.82, 2.24) is 20.2 Å². The highest BCUT2D eigenvalue weighted by molar-refractivity contribution is 5.12. The molecule has 2 atom stereocenters. The van der Waals surface area contributed by atoms with Gasteiger partial charge in [-0.05, 0) is 29.7 Å². The lowest BCUT2D eigenvalue weighted by molar-refractivity contribution is 0.0709. The van der Waals surface area contributed by atoms with Crippen molar-refractivity contribution in [3.05, 3.63) is 0 Å². The molecule has 2 N–H and O–H groups in total. The van der Waals surface area contributed by atoms with Gasteiger partial charge in [0.2, 0.25) is 5.95 Å². The van der Waals surface area contributed by atoms with E-state index in [1.54, 1.807) is 11.8 Å². The molecule has 6 nitrogen and oxygen atoms in total. The van der Waals surface area contributed by atoms with Gasteiger partial charge in [-0.15, -0.1) is 0 Å². The van der Waals surface area contributed by atoms with E-state index in [-0.39, 0.29) is 12.1 Å². The number of anilines is 1. The molecule has 0 saturated heterocycles. The molecule has 13 heavy (non-hydrogen) atoms. The van der Waals surface area contributed by atoms with E-state index in [0.29, 0.717) is 5.95 Å². The van der Waals surface area contributed by atoms with E-state index in [2.05, 4.69) is 15.5 Å². The van der Waals surface area contributed by atoms with Crippen molar-refractivity contribution >= 4 is 5.95 Å². The molecule has 0 radical (unpaired) electrons. The summed E-state index contributed by atoms with van der Waals surface area (Å²) < 4.78 is 6.98. The van der Waals surface area contributed by atoms with Crippen LogP contribution in [0.3, 0.4) is 0 Å². The first kappa shape index (κ1) is 8.43. The highest BCUT2D eigenvalue weighted by atomic mass is 16.5. The summed E-state index contributed by atoms with van der Waals surface area (Å²) in [7, 11) is 1.71. The molecule has 1 saturated carbocycles. The first-order valence-electron chi connectivity index (χ1n) is 4.39. The van der Waals surface area contributed by atoms with Gasteiger partial charge in [0.05, 0.1) is 12.1 Å². The number of hydrogen-bond donors (Lipinski definition) is 1. The van der Waals surface area contributed by atoms with Crippen LogP contribution in [-0.2, 0) is 4.74 Å². The van der Waals surface area contributed by atoms with E-state index < -0.39 is 0 Å². The van der Waals surface area contributed by atoms with Crippen LogP contribution in [0.4, 0.5) is 5.95 Å². The first-order chi connectivity index (χ1) is 6.33. The Hall–Kier alpha value is -1.17. The summed E-state index contributed by atoms with van der Waals surface area (Å²) in [4.78, 5) is 0. The Kier molecular flexibility index (Phi) is 2.13. The lowest BCUT2D eigenvalue weighted by Crippen LogP contribution is -2.22. The van der Waals surface area contributed by atoms with E-state index in [1.165, 1.54) is 0 Å². The number of aromatic nitrogens is 4. The number of nitrogen functional groups attached to an aromatic ring is 1. The van der Waals surface area contributed by atoms with Crippen LogP contribution in [0.5, 0.6) is 0 Å². The van der Waals surface area contributed by atoms with Crippen LogP contribution in [0, 0.1) is 0 Å². The largest absolute Gasteiger partial charge is 0.379 e. The van der Waals surface area contributed by atoms with Crippen molar-refractivity contribution in [1.29, 1.82) is 0 Å². The Bertz CT molecular complexity index is 286. The van der Waals surface area contributed by atoms with E-state index >= 15 is 0 Å². The maximum Gasteiger partial charge on any atom is 0.240 e. The zero-order chi connectivity index (χ0) is 9.26. The van der Waals surface area contributed by atoms with Crippen LogP contribution in [-0.4, -0.2) is 33.4 Å². The monoisotopic (exact) mass is 183 g/mol. The highest BCUT2D eigenvalue weighted by Gasteiger charge is 2.30. The normalized spacial score (nSPS) is 28.1. The standard InChI is InChI=1S/C7H13N5O/c1-13-6-4-2-3-5(6)12-7(8)9-10-11-12/h5-6H,2-4H2,1H3,(H2,8,9,11). The van der Waals surface area contributed by atoms with Crippen LogP contribution < -0.4 is 5.73 Å². The van der Waals surface area contributed by atoms with Gasteiger partial charge in [-0.3, -0.25) is 0 Å². The number of ether oxygens (including phenoxy) is 1. The molecule has 0 amide bonds. The number of nitrogens with two attached hydrogens (primary N) is 1. The van der Waals surface area contributed by atoms with Gasteiger partial charge in [-0.1, -0.05) is 5.10 Å². The topological polar surface area (TPSA) is 78.8 Å². The lowest BCUT2D eigenvalue weighted by Gasteiger charge is -2.17. The summed E-state index contributed by atoms with van der Waals surface area (Å²) in [6, 6.07) is 0.208. The second-order valence-corrected chi connectivity index (χ2v) is 3.25. The summed E-state index contributed by atoms with van der Waals surface area (Å²) in [5.41, 5.74) is 5.61. The molecule has 1 heterocycles. The third-order valence-corrected chi connectivity index (χ3v) is 2.55. The minimum Gasteiger partial charge on any atom is -0.379 e. The Morgan fingerprint density at radius 1 is 1.54 bits per heavy atom. The van der Waals surface area contributed by atoms with Crippen LogP contribution >= 0.6 is 0 Å². The smallest absolute Gasteiger partial charge is 0.240 e. The average Bonchev–Trinajstić information content (AvgIpc) is 2.71. The third kappa shape index (κ3) is 1.37. The van der Waals surface area contributed by atoms with Crippen molar-refractivity contribution in [3.63, 3.8) is 0 Å². The first-order valence-corrected chi connectivity index (χ1v) is 4.39. The second kappa shape index (κ2) is 3.29. The molecule has 1 aliphatic rings. The zero-order valence-corrected chi connectivity index (χ0v) is 7.55. The van der Waals surface area contributed by atoms with Gasteiger partial charge in [0.15, 0.2) is 0 Å². The molecule has 6 heteroatoms. The molecule has 2 unspecified atom stereocenters. The molecule has 1 aromatic rings. The molecule has 0 spiro atoms. The molecule has 1 aromatic heterocycles. The second-order valence-electron chi connectivity index (χ2n) is 3.25. The Morgan fingerprint density at radius 2 is 2.38 bits per heavy atom. The van der Waals surface area contributed by atoms with E-state index in [4.69, 9.17) is 10.5 Å².